The van der Waals surface area contributed by atoms with Crippen molar-refractivity contribution in [3.63, 3.8) is 0 Å². The van der Waals surface area contributed by atoms with Gasteiger partial charge in [0.15, 0.2) is 0 Å². The van der Waals surface area contributed by atoms with E-state index in [1.54, 1.807) is 58.0 Å². The fraction of sp³-hybridized carbons (Fsp3) is 0.438. The first-order valence-corrected chi connectivity index (χ1v) is 14.0. The van der Waals surface area contributed by atoms with E-state index in [9.17, 15) is 19.1 Å². The SMILES string of the molecule is Cc1cc(F)cc(C)c1Oc1ccc(C(C)(C)O)cc1-c1cn(C)c(=O)cc1OC1CCC(N2CCOC2=O)CC1. The minimum atomic E-state index is -1.13. The van der Waals surface area contributed by atoms with Crippen molar-refractivity contribution in [1.29, 1.82) is 0 Å². The van der Waals surface area contributed by atoms with Crippen molar-refractivity contribution in [1.82, 2.24) is 9.47 Å². The number of benzene rings is 2. The molecule has 0 unspecified atom stereocenters. The topological polar surface area (TPSA) is 90.2 Å². The third-order valence-electron chi connectivity index (χ3n) is 7.97. The first-order valence-electron chi connectivity index (χ1n) is 14.0. The van der Waals surface area contributed by atoms with Gasteiger partial charge in [-0.3, -0.25) is 4.79 Å². The van der Waals surface area contributed by atoms with Gasteiger partial charge in [-0.1, -0.05) is 6.07 Å². The highest BCUT2D eigenvalue weighted by Gasteiger charge is 2.34. The molecule has 1 N–H and O–H groups in total. The highest BCUT2D eigenvalue weighted by atomic mass is 19.1. The molecule has 8 nitrogen and oxygen atoms in total. The molecular weight excluding hydrogens is 527 g/mol. The Balaban J connectivity index is 1.51. The Bertz CT molecular complexity index is 1490. The second kappa shape index (κ2) is 11.2. The molecule has 2 heterocycles. The summed E-state index contributed by atoms with van der Waals surface area (Å²) in [5, 5.41) is 10.8. The minimum absolute atomic E-state index is 0.124. The molecule has 2 fully saturated rings. The highest BCUT2D eigenvalue weighted by Crippen LogP contribution is 2.42. The molecule has 1 aliphatic carbocycles. The molecule has 1 aliphatic heterocycles. The summed E-state index contributed by atoms with van der Waals surface area (Å²) in [6, 6.07) is 9.86. The third kappa shape index (κ3) is 6.10. The number of hydrogen-bond donors (Lipinski definition) is 1. The zero-order valence-corrected chi connectivity index (χ0v) is 24.2. The fourth-order valence-corrected chi connectivity index (χ4v) is 5.68. The lowest BCUT2D eigenvalue weighted by Crippen LogP contribution is -2.40. The largest absolute Gasteiger partial charge is 0.490 e. The molecule has 0 radical (unpaired) electrons. The molecule has 1 aromatic heterocycles. The van der Waals surface area contributed by atoms with E-state index in [-0.39, 0.29) is 29.6 Å². The minimum Gasteiger partial charge on any atom is -0.490 e. The molecule has 1 saturated carbocycles. The number of halogens is 1. The van der Waals surface area contributed by atoms with Crippen molar-refractivity contribution in [2.45, 2.75) is 71.1 Å². The Morgan fingerprint density at radius 1 is 0.976 bits per heavy atom. The molecule has 41 heavy (non-hydrogen) atoms. The molecule has 0 spiro atoms. The van der Waals surface area contributed by atoms with Crippen LogP contribution in [-0.2, 0) is 17.4 Å². The average molecular weight is 565 g/mol. The van der Waals surface area contributed by atoms with E-state index >= 15 is 0 Å². The summed E-state index contributed by atoms with van der Waals surface area (Å²) >= 11 is 0. The van der Waals surface area contributed by atoms with Gasteiger partial charge in [0.2, 0.25) is 0 Å². The number of aryl methyl sites for hydroxylation is 3. The number of pyridine rings is 1. The van der Waals surface area contributed by atoms with Gasteiger partial charge in [0.05, 0.1) is 18.2 Å². The number of hydrogen-bond acceptors (Lipinski definition) is 6. The summed E-state index contributed by atoms with van der Waals surface area (Å²) in [6.45, 7) is 8.02. The van der Waals surface area contributed by atoms with Gasteiger partial charge in [-0.25, -0.2) is 9.18 Å². The number of ether oxygens (including phenoxy) is 3. The Kier molecular flexibility index (Phi) is 7.83. The molecule has 0 bridgehead atoms. The molecule has 5 rings (SSSR count). The Morgan fingerprint density at radius 2 is 1.66 bits per heavy atom. The van der Waals surface area contributed by atoms with E-state index in [1.807, 2.05) is 6.07 Å². The van der Waals surface area contributed by atoms with Crippen LogP contribution in [0.4, 0.5) is 9.18 Å². The second-order valence-electron chi connectivity index (χ2n) is 11.6. The zero-order valence-electron chi connectivity index (χ0n) is 24.2. The number of amides is 1. The highest BCUT2D eigenvalue weighted by molar-refractivity contribution is 5.76. The van der Waals surface area contributed by atoms with Crippen molar-refractivity contribution in [3.05, 3.63) is 75.5 Å². The van der Waals surface area contributed by atoms with Gasteiger partial charge < -0.3 is 28.8 Å². The number of cyclic esters (lactones) is 1. The summed E-state index contributed by atoms with van der Waals surface area (Å²) in [5.74, 6) is 1.10. The van der Waals surface area contributed by atoms with Gasteiger partial charge in [0, 0.05) is 36.5 Å². The fourth-order valence-electron chi connectivity index (χ4n) is 5.68. The lowest BCUT2D eigenvalue weighted by molar-refractivity contribution is 0.0786. The number of carbonyl (C=O) groups is 1. The van der Waals surface area contributed by atoms with Crippen molar-refractivity contribution >= 4 is 6.09 Å². The lowest BCUT2D eigenvalue weighted by atomic mass is 9.91. The maximum absolute atomic E-state index is 14.0. The Morgan fingerprint density at radius 3 is 2.27 bits per heavy atom. The molecule has 0 atom stereocenters. The molecule has 218 valence electrons. The predicted octanol–water partition coefficient (Wildman–Crippen LogP) is 5.97. The van der Waals surface area contributed by atoms with Crippen LogP contribution in [0.3, 0.4) is 0 Å². The summed E-state index contributed by atoms with van der Waals surface area (Å²) in [6.07, 6.45) is 4.34. The van der Waals surface area contributed by atoms with Crippen LogP contribution in [0.15, 0.2) is 47.4 Å². The van der Waals surface area contributed by atoms with Crippen LogP contribution in [0.2, 0.25) is 0 Å². The average Bonchev–Trinajstić information content (AvgIpc) is 3.34. The van der Waals surface area contributed by atoms with Crippen LogP contribution >= 0.6 is 0 Å². The molecule has 1 amide bonds. The number of nitrogens with zero attached hydrogens (tertiary/aromatic N) is 2. The number of carbonyl (C=O) groups excluding carboxylic acids is 1. The van der Waals surface area contributed by atoms with E-state index in [4.69, 9.17) is 14.2 Å². The normalized spacial score (nSPS) is 19.3. The van der Waals surface area contributed by atoms with Crippen molar-refractivity contribution < 1.29 is 28.5 Å². The van der Waals surface area contributed by atoms with Crippen LogP contribution in [-0.4, -0.2) is 46.0 Å². The van der Waals surface area contributed by atoms with Crippen LogP contribution < -0.4 is 15.0 Å². The second-order valence-corrected chi connectivity index (χ2v) is 11.6. The Labute approximate surface area is 239 Å². The zero-order chi connectivity index (χ0) is 29.5. The molecule has 2 aromatic carbocycles. The smallest absolute Gasteiger partial charge is 0.410 e. The van der Waals surface area contributed by atoms with E-state index in [1.165, 1.54) is 22.8 Å². The van der Waals surface area contributed by atoms with Crippen LogP contribution in [0.25, 0.3) is 11.1 Å². The van der Waals surface area contributed by atoms with Crippen LogP contribution in [0.5, 0.6) is 17.2 Å². The molecular formula is C32H37FN2O6. The van der Waals surface area contributed by atoms with Gasteiger partial charge in [0.25, 0.3) is 5.56 Å². The quantitative estimate of drug-likeness (QED) is 0.380. The van der Waals surface area contributed by atoms with Crippen molar-refractivity contribution in [2.24, 2.45) is 7.05 Å². The summed E-state index contributed by atoms with van der Waals surface area (Å²) in [7, 11) is 1.67. The number of aliphatic hydroxyl groups is 1. The van der Waals surface area contributed by atoms with Gasteiger partial charge in [-0.2, -0.15) is 0 Å². The van der Waals surface area contributed by atoms with E-state index in [2.05, 4.69) is 0 Å². The summed E-state index contributed by atoms with van der Waals surface area (Å²) in [4.78, 5) is 26.6. The van der Waals surface area contributed by atoms with Crippen LogP contribution in [0, 0.1) is 19.7 Å². The van der Waals surface area contributed by atoms with Gasteiger partial charge in [-0.05, 0) is 94.3 Å². The maximum Gasteiger partial charge on any atom is 0.410 e. The van der Waals surface area contributed by atoms with E-state index in [0.717, 1.165) is 25.7 Å². The van der Waals surface area contributed by atoms with E-state index < -0.39 is 5.60 Å². The molecule has 1 saturated heterocycles. The van der Waals surface area contributed by atoms with Gasteiger partial charge in [0.1, 0.15) is 29.7 Å². The Hall–Kier alpha value is -3.85. The van der Waals surface area contributed by atoms with Gasteiger partial charge in [-0.15, -0.1) is 0 Å². The first-order chi connectivity index (χ1) is 19.4. The van der Waals surface area contributed by atoms with E-state index in [0.29, 0.717) is 58.2 Å². The molecule has 2 aliphatic rings. The van der Waals surface area contributed by atoms with Crippen LogP contribution in [0.1, 0.15) is 56.2 Å². The van der Waals surface area contributed by atoms with Crippen molar-refractivity contribution in [2.75, 3.05) is 13.2 Å². The third-order valence-corrected chi connectivity index (χ3v) is 7.97. The standard InChI is InChI=1S/C32H37FN2O6/c1-19-14-22(33)15-20(2)30(19)41-27-11-6-21(32(3,4)38)16-25(27)26-18-34(5)29(36)17-28(26)40-24-9-7-23(8-10-24)35-12-13-39-31(35)37/h6,11,14-18,23-24,38H,7-10,12-13H2,1-5H3. The van der Waals surface area contributed by atoms with Crippen molar-refractivity contribution in [3.8, 4) is 28.4 Å². The molecule has 9 heteroatoms. The maximum atomic E-state index is 14.0. The first kappa shape index (κ1) is 28.7. The lowest BCUT2D eigenvalue weighted by Gasteiger charge is -2.33. The monoisotopic (exact) mass is 564 g/mol. The van der Waals surface area contributed by atoms with Gasteiger partial charge >= 0.3 is 6.09 Å². The number of aromatic nitrogens is 1. The number of rotatable bonds is 7. The summed E-state index contributed by atoms with van der Waals surface area (Å²) < 4.78 is 33.5. The molecule has 3 aromatic rings. The summed E-state index contributed by atoms with van der Waals surface area (Å²) in [5.41, 5.74) is 1.87. The predicted molar refractivity (Wildman–Crippen MR) is 153 cm³/mol.